The maximum absolute atomic E-state index is 8.16. The first-order valence-electron chi connectivity index (χ1n) is 9.53. The molecule has 0 N–H and O–H groups in total. The molecule has 4 fully saturated rings. The van der Waals surface area contributed by atoms with Gasteiger partial charge in [0.2, 0.25) is 0 Å². The van der Waals surface area contributed by atoms with Crippen molar-refractivity contribution < 1.29 is 1.37 Å². The average Bonchev–Trinajstić information content (AvgIpc) is 2.81. The lowest BCUT2D eigenvalue weighted by atomic mass is 9.45. The summed E-state index contributed by atoms with van der Waals surface area (Å²) in [7, 11) is 0. The Morgan fingerprint density at radius 3 is 2.63 bits per heavy atom. The third kappa shape index (κ3) is 1.70. The van der Waals surface area contributed by atoms with Crippen LogP contribution in [-0.2, 0) is 0 Å². The minimum atomic E-state index is 0.255. The predicted molar refractivity (Wildman–Crippen MR) is 81.0 cm³/mol. The Kier molecular flexibility index (Phi) is 2.60. The number of rotatable bonds is 0. The molecule has 0 aliphatic heterocycles. The van der Waals surface area contributed by atoms with Gasteiger partial charge in [0.15, 0.2) is 0 Å². The minimum absolute atomic E-state index is 0.255. The van der Waals surface area contributed by atoms with Gasteiger partial charge in [-0.25, -0.2) is 0 Å². The highest BCUT2D eigenvalue weighted by Crippen LogP contribution is 2.66. The van der Waals surface area contributed by atoms with Gasteiger partial charge in [-0.05, 0) is 85.9 Å². The van der Waals surface area contributed by atoms with Crippen LogP contribution >= 0.6 is 0 Å². The third-order valence-corrected chi connectivity index (χ3v) is 8.18. The molecule has 0 heteroatoms. The van der Waals surface area contributed by atoms with E-state index in [9.17, 15) is 0 Å². The second kappa shape index (κ2) is 4.25. The van der Waals surface area contributed by atoms with E-state index in [1.807, 2.05) is 0 Å². The van der Waals surface area contributed by atoms with Crippen molar-refractivity contribution >= 4 is 0 Å². The van der Waals surface area contributed by atoms with E-state index in [-0.39, 0.29) is 6.40 Å². The van der Waals surface area contributed by atoms with Crippen molar-refractivity contribution in [1.29, 1.82) is 0 Å². The fourth-order valence-corrected chi connectivity index (χ4v) is 7.04. The molecule has 0 aromatic heterocycles. The molecule has 0 saturated heterocycles. The van der Waals surface area contributed by atoms with Crippen LogP contribution in [0, 0.1) is 34.5 Å². The van der Waals surface area contributed by atoms with Crippen LogP contribution in [0.3, 0.4) is 0 Å². The van der Waals surface area contributed by atoms with Crippen molar-refractivity contribution in [3.05, 3.63) is 0 Å². The molecule has 0 spiro atoms. The third-order valence-electron chi connectivity index (χ3n) is 8.18. The van der Waals surface area contributed by atoms with Crippen LogP contribution in [0.4, 0.5) is 0 Å². The zero-order valence-electron chi connectivity index (χ0n) is 14.0. The zero-order chi connectivity index (χ0) is 14.0. The van der Waals surface area contributed by atoms with Crippen molar-refractivity contribution in [2.45, 2.75) is 84.5 Å². The molecule has 108 valence electrons. The van der Waals surface area contributed by atoms with E-state index in [0.29, 0.717) is 10.8 Å². The largest absolute Gasteiger partial charge is 0.0594 e. The van der Waals surface area contributed by atoms with Crippen molar-refractivity contribution in [1.82, 2.24) is 0 Å². The summed E-state index contributed by atoms with van der Waals surface area (Å²) >= 11 is 0. The average molecular weight is 261 g/mol. The summed E-state index contributed by atoms with van der Waals surface area (Å²) in [5.41, 5.74) is 1.31. The molecule has 1 unspecified atom stereocenters. The highest BCUT2D eigenvalue weighted by Gasteiger charge is 2.56. The molecule has 4 aliphatic rings. The number of fused-ring (bicyclic) bond motifs is 5. The van der Waals surface area contributed by atoms with Crippen molar-refractivity contribution in [3.63, 3.8) is 0 Å². The monoisotopic (exact) mass is 261 g/mol. The van der Waals surface area contributed by atoms with Crippen LogP contribution in [0.5, 0.6) is 0 Å². The van der Waals surface area contributed by atoms with Gasteiger partial charge < -0.3 is 0 Å². The van der Waals surface area contributed by atoms with Gasteiger partial charge in [-0.2, -0.15) is 0 Å². The molecule has 4 aliphatic carbocycles. The summed E-state index contributed by atoms with van der Waals surface area (Å²) in [5, 5.41) is 0. The lowest BCUT2D eigenvalue weighted by Gasteiger charge is -2.60. The molecule has 0 aromatic rings. The normalized spacial score (nSPS) is 61.8. The lowest BCUT2D eigenvalue weighted by molar-refractivity contribution is -0.103. The molecular weight excluding hydrogens is 228 g/mol. The van der Waals surface area contributed by atoms with Crippen molar-refractivity contribution in [3.8, 4) is 0 Å². The molecular formula is C19H32. The Balaban J connectivity index is 1.62. The Morgan fingerprint density at radius 2 is 1.74 bits per heavy atom. The summed E-state index contributed by atoms with van der Waals surface area (Å²) in [6, 6.07) is 0. The molecule has 0 amide bonds. The molecule has 4 rings (SSSR count). The smallest absolute Gasteiger partial charge is 0.0267 e. The summed E-state index contributed by atoms with van der Waals surface area (Å²) in [6.07, 6.45) is 14.5. The van der Waals surface area contributed by atoms with Gasteiger partial charge in [0.25, 0.3) is 0 Å². The first-order chi connectivity index (χ1) is 9.53. The van der Waals surface area contributed by atoms with Gasteiger partial charge in [-0.15, -0.1) is 0 Å². The second-order valence-corrected chi connectivity index (χ2v) is 8.80. The SMILES string of the molecule is [2H]C1CC[C@@]2(C)[C@@H](CC[C@H]3[C@@H]4CCC[C@@]4(C)CC[C@@H]32)C1. The maximum Gasteiger partial charge on any atom is 0.0267 e. The molecule has 0 radical (unpaired) electrons. The first-order valence-corrected chi connectivity index (χ1v) is 8.95. The van der Waals surface area contributed by atoms with E-state index >= 15 is 0 Å². The van der Waals surface area contributed by atoms with Crippen LogP contribution in [0.2, 0.25) is 0 Å². The van der Waals surface area contributed by atoms with Gasteiger partial charge in [0.1, 0.15) is 0 Å². The lowest BCUT2D eigenvalue weighted by Crippen LogP contribution is -2.51. The van der Waals surface area contributed by atoms with Gasteiger partial charge in [-0.1, -0.05) is 33.1 Å². The molecule has 0 bridgehead atoms. The quantitative estimate of drug-likeness (QED) is 0.516. The highest BCUT2D eigenvalue weighted by atomic mass is 14.6. The van der Waals surface area contributed by atoms with E-state index in [1.54, 1.807) is 0 Å². The van der Waals surface area contributed by atoms with Gasteiger partial charge in [0.05, 0.1) is 0 Å². The zero-order valence-corrected chi connectivity index (χ0v) is 13.0. The van der Waals surface area contributed by atoms with Crippen molar-refractivity contribution in [2.75, 3.05) is 0 Å². The van der Waals surface area contributed by atoms with Gasteiger partial charge >= 0.3 is 0 Å². The summed E-state index contributed by atoms with van der Waals surface area (Å²) in [4.78, 5) is 0. The maximum atomic E-state index is 8.16. The summed E-state index contributed by atoms with van der Waals surface area (Å²) in [6.45, 7) is 5.23. The Labute approximate surface area is 121 Å². The van der Waals surface area contributed by atoms with E-state index in [0.717, 1.165) is 23.7 Å². The standard InChI is InChI=1S/C19H32/c1-18-11-5-7-16(18)15-9-8-14-6-3-4-12-19(14,2)17(15)10-13-18/h14-17H,3-13H2,1-2H3/t14-,15+,16+,17+,18+,19+/m1/s1/i3D/t3?,14-,15+,16+,17+,18+,19+. The van der Waals surface area contributed by atoms with Crippen LogP contribution in [0.25, 0.3) is 0 Å². The molecule has 4 saturated carbocycles. The molecule has 0 aromatic carbocycles. The summed E-state index contributed by atoms with van der Waals surface area (Å²) in [5.74, 6) is 3.98. The minimum Gasteiger partial charge on any atom is -0.0594 e. The molecule has 0 heterocycles. The van der Waals surface area contributed by atoms with E-state index < -0.39 is 0 Å². The molecule has 19 heavy (non-hydrogen) atoms. The van der Waals surface area contributed by atoms with Gasteiger partial charge in [0, 0.05) is 1.37 Å². The Morgan fingerprint density at radius 1 is 0.842 bits per heavy atom. The fourth-order valence-electron chi connectivity index (χ4n) is 7.04. The Hall–Kier alpha value is 0. The van der Waals surface area contributed by atoms with Crippen LogP contribution in [0.15, 0.2) is 0 Å². The van der Waals surface area contributed by atoms with Crippen LogP contribution in [-0.4, -0.2) is 0 Å². The van der Waals surface area contributed by atoms with E-state index in [2.05, 4.69) is 13.8 Å². The molecule has 0 nitrogen and oxygen atoms in total. The second-order valence-electron chi connectivity index (χ2n) is 8.80. The number of hydrogen-bond donors (Lipinski definition) is 0. The Bertz CT molecular complexity index is 391. The highest BCUT2D eigenvalue weighted by molar-refractivity contribution is 5.06. The van der Waals surface area contributed by atoms with Crippen LogP contribution < -0.4 is 0 Å². The topological polar surface area (TPSA) is 0 Å². The predicted octanol–water partition coefficient (Wildman–Crippen LogP) is 5.81. The van der Waals surface area contributed by atoms with Crippen LogP contribution in [0.1, 0.15) is 85.8 Å². The number of hydrogen-bond acceptors (Lipinski definition) is 0. The van der Waals surface area contributed by atoms with Gasteiger partial charge in [-0.3, -0.25) is 0 Å². The van der Waals surface area contributed by atoms with Crippen molar-refractivity contribution in [2.24, 2.45) is 34.5 Å². The summed E-state index contributed by atoms with van der Waals surface area (Å²) < 4.78 is 8.16. The van der Waals surface area contributed by atoms with E-state index in [4.69, 9.17) is 1.37 Å². The first kappa shape index (κ1) is 11.6. The van der Waals surface area contributed by atoms with E-state index in [1.165, 1.54) is 64.2 Å². The fraction of sp³-hybridized carbons (Fsp3) is 1.00. The molecule has 7 atom stereocenters.